The van der Waals surface area contributed by atoms with E-state index in [4.69, 9.17) is 16.7 Å². The number of aryl methyl sites for hydroxylation is 1. The number of carboxylic acid groups (broad SMARTS) is 1. The molecule has 8 nitrogen and oxygen atoms in total. The van der Waals surface area contributed by atoms with Gasteiger partial charge in [-0.15, -0.1) is 0 Å². The number of nitrogens with one attached hydrogen (secondary N) is 1. The molecule has 0 aliphatic carbocycles. The maximum absolute atomic E-state index is 12.7. The number of carboxylic acids is 1. The Morgan fingerprint density at radius 1 is 1.06 bits per heavy atom. The minimum Gasteiger partial charge on any atom is -0.478 e. The van der Waals surface area contributed by atoms with Crippen molar-refractivity contribution in [2.45, 2.75) is 13.1 Å². The first-order valence-corrected chi connectivity index (χ1v) is 9.33. The maximum atomic E-state index is 12.7. The fourth-order valence-electron chi connectivity index (χ4n) is 2.89. The first kappa shape index (κ1) is 21.4. The summed E-state index contributed by atoms with van der Waals surface area (Å²) in [6.07, 6.45) is -1.78. The molecule has 0 amide bonds. The average molecular weight is 461 g/mol. The SMILES string of the molecule is Cc1cc(Nc2cnc(C(F)(F)F)cn2)c2ccc(-c3ncc(C(=O)O)cc3Cl)nc2n1. The van der Waals surface area contributed by atoms with E-state index in [1.807, 2.05) is 0 Å². The third-order valence-corrected chi connectivity index (χ3v) is 4.62. The highest BCUT2D eigenvalue weighted by atomic mass is 35.5. The molecule has 0 radical (unpaired) electrons. The number of fused-ring (bicyclic) bond motifs is 1. The summed E-state index contributed by atoms with van der Waals surface area (Å²) in [5, 5.41) is 12.7. The molecule has 4 aromatic heterocycles. The molecule has 12 heteroatoms. The van der Waals surface area contributed by atoms with Crippen molar-refractivity contribution >= 4 is 40.1 Å². The minimum atomic E-state index is -4.58. The van der Waals surface area contributed by atoms with E-state index < -0.39 is 17.8 Å². The number of anilines is 2. The molecule has 0 aliphatic heterocycles. The van der Waals surface area contributed by atoms with Crippen LogP contribution in [-0.4, -0.2) is 36.0 Å². The van der Waals surface area contributed by atoms with E-state index in [9.17, 15) is 18.0 Å². The molecule has 4 heterocycles. The van der Waals surface area contributed by atoms with Gasteiger partial charge in [-0.3, -0.25) is 4.98 Å². The highest BCUT2D eigenvalue weighted by molar-refractivity contribution is 6.33. The molecule has 0 fully saturated rings. The molecular formula is C20H12ClF3N6O2. The number of pyridine rings is 3. The van der Waals surface area contributed by atoms with Gasteiger partial charge in [-0.25, -0.2) is 24.7 Å². The molecule has 2 N–H and O–H groups in total. The van der Waals surface area contributed by atoms with Crippen molar-refractivity contribution in [3.05, 3.63) is 64.8 Å². The third-order valence-electron chi connectivity index (χ3n) is 4.34. The number of nitrogens with zero attached hydrogens (tertiary/aromatic N) is 5. The molecular weight excluding hydrogens is 449 g/mol. The van der Waals surface area contributed by atoms with Gasteiger partial charge < -0.3 is 10.4 Å². The number of halogens is 4. The topological polar surface area (TPSA) is 114 Å². The molecule has 0 saturated heterocycles. The lowest BCUT2D eigenvalue weighted by atomic mass is 10.1. The number of hydrogen-bond donors (Lipinski definition) is 2. The molecule has 0 bridgehead atoms. The van der Waals surface area contributed by atoms with E-state index in [2.05, 4.69) is 30.2 Å². The van der Waals surface area contributed by atoms with Gasteiger partial charge in [-0.1, -0.05) is 11.6 Å². The van der Waals surface area contributed by atoms with Crippen LogP contribution in [0.2, 0.25) is 5.02 Å². The Morgan fingerprint density at radius 3 is 2.47 bits per heavy atom. The van der Waals surface area contributed by atoms with Crippen molar-refractivity contribution in [2.24, 2.45) is 0 Å². The molecule has 0 aliphatic rings. The zero-order valence-electron chi connectivity index (χ0n) is 16.1. The Hall–Kier alpha value is -3.86. The molecule has 162 valence electrons. The Bertz CT molecular complexity index is 1350. The average Bonchev–Trinajstić information content (AvgIpc) is 2.72. The predicted molar refractivity (Wildman–Crippen MR) is 110 cm³/mol. The lowest BCUT2D eigenvalue weighted by Gasteiger charge is -2.12. The Labute approximate surface area is 183 Å². The van der Waals surface area contributed by atoms with E-state index in [1.165, 1.54) is 12.3 Å². The zero-order valence-corrected chi connectivity index (χ0v) is 16.9. The Kier molecular flexibility index (Phi) is 5.35. The largest absolute Gasteiger partial charge is 0.478 e. The van der Waals surface area contributed by atoms with Crippen LogP contribution in [0.4, 0.5) is 24.7 Å². The first-order chi connectivity index (χ1) is 15.1. The summed E-state index contributed by atoms with van der Waals surface area (Å²) in [7, 11) is 0. The summed E-state index contributed by atoms with van der Waals surface area (Å²) in [4.78, 5) is 31.2. The van der Waals surface area contributed by atoms with Gasteiger partial charge in [0, 0.05) is 17.3 Å². The van der Waals surface area contributed by atoms with Gasteiger partial charge in [0.2, 0.25) is 0 Å². The second kappa shape index (κ2) is 8.00. The second-order valence-corrected chi connectivity index (χ2v) is 7.06. The van der Waals surface area contributed by atoms with Gasteiger partial charge in [0.15, 0.2) is 11.3 Å². The van der Waals surface area contributed by atoms with Crippen molar-refractivity contribution in [3.8, 4) is 11.4 Å². The van der Waals surface area contributed by atoms with Crippen molar-refractivity contribution in [3.63, 3.8) is 0 Å². The van der Waals surface area contributed by atoms with E-state index >= 15 is 0 Å². The van der Waals surface area contributed by atoms with Crippen molar-refractivity contribution in [2.75, 3.05) is 5.32 Å². The van der Waals surface area contributed by atoms with E-state index in [-0.39, 0.29) is 22.1 Å². The van der Waals surface area contributed by atoms with Gasteiger partial charge >= 0.3 is 12.1 Å². The lowest BCUT2D eigenvalue weighted by Crippen LogP contribution is -2.09. The first-order valence-electron chi connectivity index (χ1n) is 8.95. The van der Waals surface area contributed by atoms with Crippen molar-refractivity contribution in [1.29, 1.82) is 0 Å². The van der Waals surface area contributed by atoms with Gasteiger partial charge in [0.05, 0.1) is 34.4 Å². The van der Waals surface area contributed by atoms with E-state index in [1.54, 1.807) is 25.1 Å². The molecule has 0 saturated carbocycles. The summed E-state index contributed by atoms with van der Waals surface area (Å²) < 4.78 is 38.1. The standard InChI is InChI=1S/C20H12ClF3N6O2/c1-9-4-14(29-16-8-25-15(7-26-16)20(22,23)24)11-2-3-13(30-18(11)28-9)17-12(21)5-10(6-27-17)19(31)32/h2-8H,1H3,(H,31,32)(H,26,28,29,30). The summed E-state index contributed by atoms with van der Waals surface area (Å²) >= 11 is 6.18. The molecule has 4 rings (SSSR count). The molecule has 0 spiro atoms. The van der Waals surface area contributed by atoms with Crippen LogP contribution < -0.4 is 5.32 Å². The van der Waals surface area contributed by atoms with Gasteiger partial charge in [-0.2, -0.15) is 13.2 Å². The Balaban J connectivity index is 1.71. The normalized spacial score (nSPS) is 11.5. The van der Waals surface area contributed by atoms with E-state index in [0.29, 0.717) is 34.3 Å². The van der Waals surface area contributed by atoms with Crippen molar-refractivity contribution in [1.82, 2.24) is 24.9 Å². The summed E-state index contributed by atoms with van der Waals surface area (Å²) in [5.74, 6) is -1.04. The number of carbonyl (C=O) groups is 1. The number of hydrogen-bond acceptors (Lipinski definition) is 7. The third kappa shape index (κ3) is 4.28. The highest BCUT2D eigenvalue weighted by Crippen LogP contribution is 2.31. The maximum Gasteiger partial charge on any atom is 0.434 e. The summed E-state index contributed by atoms with van der Waals surface area (Å²) in [6.45, 7) is 1.73. The highest BCUT2D eigenvalue weighted by Gasteiger charge is 2.32. The Morgan fingerprint density at radius 2 is 1.84 bits per heavy atom. The van der Waals surface area contributed by atoms with Crippen LogP contribution in [0.1, 0.15) is 21.7 Å². The quantitative estimate of drug-likeness (QED) is 0.442. The van der Waals surface area contributed by atoms with Gasteiger partial charge in [0.25, 0.3) is 0 Å². The molecule has 0 atom stereocenters. The fourth-order valence-corrected chi connectivity index (χ4v) is 3.15. The van der Waals surface area contributed by atoms with E-state index in [0.717, 1.165) is 6.20 Å². The molecule has 4 aromatic rings. The number of aromatic carboxylic acids is 1. The van der Waals surface area contributed by atoms with Gasteiger partial charge in [0.1, 0.15) is 11.5 Å². The van der Waals surface area contributed by atoms with Crippen LogP contribution in [0.25, 0.3) is 22.4 Å². The molecule has 0 aromatic carbocycles. The monoisotopic (exact) mass is 460 g/mol. The number of alkyl halides is 3. The van der Waals surface area contributed by atoms with Crippen LogP contribution in [-0.2, 0) is 6.18 Å². The molecule has 0 unspecified atom stereocenters. The van der Waals surface area contributed by atoms with Crippen LogP contribution in [0, 0.1) is 6.92 Å². The second-order valence-electron chi connectivity index (χ2n) is 6.65. The van der Waals surface area contributed by atoms with Crippen LogP contribution in [0.15, 0.2) is 42.9 Å². The lowest BCUT2D eigenvalue weighted by molar-refractivity contribution is -0.141. The minimum absolute atomic E-state index is 0.0577. The van der Waals surface area contributed by atoms with Crippen LogP contribution >= 0.6 is 11.6 Å². The van der Waals surface area contributed by atoms with Gasteiger partial charge in [-0.05, 0) is 31.2 Å². The summed E-state index contributed by atoms with van der Waals surface area (Å²) in [5.41, 5.74) is 0.930. The fraction of sp³-hybridized carbons (Fsp3) is 0.100. The van der Waals surface area contributed by atoms with Crippen LogP contribution in [0.5, 0.6) is 0 Å². The zero-order chi connectivity index (χ0) is 23.0. The smallest absolute Gasteiger partial charge is 0.434 e. The number of aromatic nitrogens is 5. The number of rotatable bonds is 4. The molecule has 32 heavy (non-hydrogen) atoms. The summed E-state index contributed by atoms with van der Waals surface area (Å²) in [6, 6.07) is 6.28. The van der Waals surface area contributed by atoms with Crippen LogP contribution in [0.3, 0.4) is 0 Å². The van der Waals surface area contributed by atoms with Crippen molar-refractivity contribution < 1.29 is 23.1 Å². The predicted octanol–water partition coefficient (Wildman–Crippen LogP) is 4.90.